The molecular weight excluding hydrogens is 277 g/mol. The minimum absolute atomic E-state index is 0.163. The van der Waals surface area contributed by atoms with Gasteiger partial charge < -0.3 is 4.74 Å². The number of esters is 1. The van der Waals surface area contributed by atoms with E-state index in [-0.39, 0.29) is 12.3 Å². The summed E-state index contributed by atoms with van der Waals surface area (Å²) in [5.41, 5.74) is 1.28. The molecule has 0 amide bonds. The Labute approximate surface area is 114 Å². The Kier molecular flexibility index (Phi) is 3.73. The molecule has 0 unspecified atom stereocenters. The zero-order chi connectivity index (χ0) is 13.3. The van der Waals surface area contributed by atoms with Gasteiger partial charge in [0.25, 0.3) is 0 Å². The van der Waals surface area contributed by atoms with Crippen LogP contribution in [0.2, 0.25) is 10.3 Å². The standard InChI is InChI=1S/C11H11Cl2N3O2/c1-3-6-9(12)14-8-5-7(11(17)18-4-2)15-16(8)10(6)13/h5H,3-4H2,1-2H3. The number of hydrogen-bond donors (Lipinski definition) is 0. The van der Waals surface area contributed by atoms with E-state index in [1.165, 1.54) is 10.6 Å². The predicted octanol–water partition coefficient (Wildman–Crippen LogP) is 2.78. The largest absolute Gasteiger partial charge is 0.461 e. The summed E-state index contributed by atoms with van der Waals surface area (Å²) in [5.74, 6) is -0.506. The number of halogens is 2. The number of nitrogens with zero attached hydrogens (tertiary/aromatic N) is 3. The molecular formula is C11H11Cl2N3O2. The van der Waals surface area contributed by atoms with Crippen LogP contribution in [0.1, 0.15) is 29.9 Å². The van der Waals surface area contributed by atoms with Gasteiger partial charge in [0, 0.05) is 11.6 Å². The van der Waals surface area contributed by atoms with Crippen molar-refractivity contribution in [3.8, 4) is 0 Å². The number of aromatic nitrogens is 3. The lowest BCUT2D eigenvalue weighted by atomic mass is 10.3. The first kappa shape index (κ1) is 13.1. The summed E-state index contributed by atoms with van der Waals surface area (Å²) in [6, 6.07) is 1.50. The van der Waals surface area contributed by atoms with Crippen molar-refractivity contribution in [2.45, 2.75) is 20.3 Å². The van der Waals surface area contributed by atoms with Crippen molar-refractivity contribution in [2.24, 2.45) is 0 Å². The van der Waals surface area contributed by atoms with Gasteiger partial charge in [0.15, 0.2) is 11.3 Å². The minimum atomic E-state index is -0.506. The van der Waals surface area contributed by atoms with E-state index in [1.54, 1.807) is 6.92 Å². The topological polar surface area (TPSA) is 56.5 Å². The summed E-state index contributed by atoms with van der Waals surface area (Å²) in [6.07, 6.45) is 0.634. The van der Waals surface area contributed by atoms with Gasteiger partial charge in [0.2, 0.25) is 0 Å². The maximum Gasteiger partial charge on any atom is 0.358 e. The second-order valence-electron chi connectivity index (χ2n) is 3.55. The molecule has 2 rings (SSSR count). The molecule has 0 aromatic carbocycles. The molecule has 5 nitrogen and oxygen atoms in total. The van der Waals surface area contributed by atoms with Crippen LogP contribution in [-0.2, 0) is 11.2 Å². The van der Waals surface area contributed by atoms with E-state index in [0.717, 1.165) is 0 Å². The molecule has 96 valence electrons. The zero-order valence-corrected chi connectivity index (χ0v) is 11.4. The lowest BCUT2D eigenvalue weighted by Crippen LogP contribution is -2.06. The molecule has 0 N–H and O–H groups in total. The number of fused-ring (bicyclic) bond motifs is 1. The highest BCUT2D eigenvalue weighted by atomic mass is 35.5. The van der Waals surface area contributed by atoms with Crippen LogP contribution in [0.4, 0.5) is 0 Å². The van der Waals surface area contributed by atoms with Crippen molar-refractivity contribution in [3.63, 3.8) is 0 Å². The highest BCUT2D eigenvalue weighted by molar-refractivity contribution is 6.34. The summed E-state index contributed by atoms with van der Waals surface area (Å²) in [5, 5.41) is 4.76. The minimum Gasteiger partial charge on any atom is -0.461 e. The van der Waals surface area contributed by atoms with Crippen LogP contribution in [0.5, 0.6) is 0 Å². The fourth-order valence-corrected chi connectivity index (χ4v) is 2.28. The molecule has 0 spiro atoms. The number of carbonyl (C=O) groups is 1. The van der Waals surface area contributed by atoms with Gasteiger partial charge in [-0.3, -0.25) is 0 Å². The van der Waals surface area contributed by atoms with E-state index in [0.29, 0.717) is 27.9 Å². The third kappa shape index (κ3) is 2.15. The van der Waals surface area contributed by atoms with Crippen molar-refractivity contribution in [1.82, 2.24) is 14.6 Å². The van der Waals surface area contributed by atoms with E-state index >= 15 is 0 Å². The normalized spacial score (nSPS) is 10.9. The zero-order valence-electron chi connectivity index (χ0n) is 9.91. The quantitative estimate of drug-likeness (QED) is 0.643. The monoisotopic (exact) mass is 287 g/mol. The van der Waals surface area contributed by atoms with Crippen molar-refractivity contribution in [3.05, 3.63) is 27.6 Å². The number of ether oxygens (including phenoxy) is 1. The molecule has 0 saturated heterocycles. The first-order valence-corrected chi connectivity index (χ1v) is 6.24. The van der Waals surface area contributed by atoms with Crippen LogP contribution in [0.15, 0.2) is 6.07 Å². The van der Waals surface area contributed by atoms with Crippen molar-refractivity contribution in [1.29, 1.82) is 0 Å². The average Bonchev–Trinajstić information content (AvgIpc) is 2.74. The second kappa shape index (κ2) is 5.12. The smallest absolute Gasteiger partial charge is 0.358 e. The summed E-state index contributed by atoms with van der Waals surface area (Å²) in [7, 11) is 0. The van der Waals surface area contributed by atoms with Crippen LogP contribution < -0.4 is 0 Å². The molecule has 0 saturated carbocycles. The van der Waals surface area contributed by atoms with Crippen LogP contribution in [-0.4, -0.2) is 27.2 Å². The molecule has 0 bridgehead atoms. The van der Waals surface area contributed by atoms with E-state index in [9.17, 15) is 4.79 Å². The SMILES string of the molecule is CCOC(=O)c1cc2nc(Cl)c(CC)c(Cl)n2n1. The van der Waals surface area contributed by atoms with E-state index in [1.807, 2.05) is 6.92 Å². The van der Waals surface area contributed by atoms with Gasteiger partial charge in [-0.25, -0.2) is 14.3 Å². The van der Waals surface area contributed by atoms with Gasteiger partial charge in [-0.1, -0.05) is 30.1 Å². The van der Waals surface area contributed by atoms with Gasteiger partial charge in [-0.2, -0.15) is 5.10 Å². The summed E-state index contributed by atoms with van der Waals surface area (Å²) >= 11 is 12.2. The molecule has 2 aromatic heterocycles. The molecule has 2 heterocycles. The number of carbonyl (C=O) groups excluding carboxylic acids is 1. The predicted molar refractivity (Wildman–Crippen MR) is 68.3 cm³/mol. The Morgan fingerprint density at radius 2 is 2.17 bits per heavy atom. The number of hydrogen-bond acceptors (Lipinski definition) is 4. The molecule has 0 aliphatic carbocycles. The lowest BCUT2D eigenvalue weighted by Gasteiger charge is -2.04. The molecule has 2 aromatic rings. The van der Waals surface area contributed by atoms with E-state index < -0.39 is 5.97 Å². The highest BCUT2D eigenvalue weighted by Crippen LogP contribution is 2.24. The fraction of sp³-hybridized carbons (Fsp3) is 0.364. The maximum atomic E-state index is 11.6. The second-order valence-corrected chi connectivity index (χ2v) is 4.26. The average molecular weight is 288 g/mol. The molecule has 0 aliphatic heterocycles. The van der Waals surface area contributed by atoms with Crippen LogP contribution >= 0.6 is 23.2 Å². The van der Waals surface area contributed by atoms with E-state index in [2.05, 4.69) is 10.1 Å². The Morgan fingerprint density at radius 3 is 2.78 bits per heavy atom. The molecule has 18 heavy (non-hydrogen) atoms. The third-order valence-electron chi connectivity index (χ3n) is 2.43. The number of rotatable bonds is 3. The molecule has 0 fully saturated rings. The first-order valence-electron chi connectivity index (χ1n) is 5.49. The molecule has 0 aliphatic rings. The lowest BCUT2D eigenvalue weighted by molar-refractivity contribution is 0.0519. The summed E-state index contributed by atoms with van der Waals surface area (Å²) in [6.45, 7) is 3.93. The Hall–Kier alpha value is -1.33. The van der Waals surface area contributed by atoms with Gasteiger partial charge in [0.05, 0.1) is 6.61 Å². The van der Waals surface area contributed by atoms with Crippen molar-refractivity contribution in [2.75, 3.05) is 6.61 Å². The van der Waals surface area contributed by atoms with Crippen molar-refractivity contribution < 1.29 is 9.53 Å². The third-order valence-corrected chi connectivity index (χ3v) is 3.13. The van der Waals surface area contributed by atoms with Gasteiger partial charge in [-0.15, -0.1) is 0 Å². The fourth-order valence-electron chi connectivity index (χ4n) is 1.57. The molecule has 7 heteroatoms. The van der Waals surface area contributed by atoms with Crippen LogP contribution in [0.3, 0.4) is 0 Å². The van der Waals surface area contributed by atoms with Gasteiger partial charge >= 0.3 is 5.97 Å². The van der Waals surface area contributed by atoms with E-state index in [4.69, 9.17) is 27.9 Å². The Morgan fingerprint density at radius 1 is 1.44 bits per heavy atom. The molecule has 0 atom stereocenters. The van der Waals surface area contributed by atoms with Gasteiger partial charge in [-0.05, 0) is 13.3 Å². The highest BCUT2D eigenvalue weighted by Gasteiger charge is 2.17. The van der Waals surface area contributed by atoms with Crippen molar-refractivity contribution >= 4 is 34.8 Å². The Balaban J connectivity index is 2.58. The summed E-state index contributed by atoms with van der Waals surface area (Å²) < 4.78 is 6.25. The van der Waals surface area contributed by atoms with Gasteiger partial charge in [0.1, 0.15) is 10.3 Å². The Bertz CT molecular complexity index is 610. The van der Waals surface area contributed by atoms with Crippen LogP contribution in [0.25, 0.3) is 5.65 Å². The summed E-state index contributed by atoms with van der Waals surface area (Å²) in [4.78, 5) is 15.7. The van der Waals surface area contributed by atoms with Crippen LogP contribution in [0, 0.1) is 0 Å². The maximum absolute atomic E-state index is 11.6. The first-order chi connectivity index (χ1) is 8.58. The molecule has 0 radical (unpaired) electrons.